The SMILES string of the molecule is C=C[C@]1(COP(=O)(O)OP(=O)(O)OP(=O)(O)O)O[C@@H](n2ccc(=O)[nH]c2=O)[C@H](O)[C@@H]1F. The number of hydrogen-bond donors (Lipinski definition) is 6. The van der Waals surface area contributed by atoms with E-state index in [-0.39, 0.29) is 0 Å². The monoisotopic (exact) mass is 512 g/mol. The Morgan fingerprint density at radius 1 is 1.23 bits per heavy atom. The lowest BCUT2D eigenvalue weighted by atomic mass is 9.98. The van der Waals surface area contributed by atoms with E-state index in [1.807, 2.05) is 4.98 Å². The molecule has 1 aromatic heterocycles. The molecule has 1 saturated heterocycles. The molecule has 31 heavy (non-hydrogen) atoms. The van der Waals surface area contributed by atoms with Crippen LogP contribution in [0.4, 0.5) is 4.39 Å². The minimum atomic E-state index is -5.82. The molecule has 176 valence electrons. The molecule has 6 atom stereocenters. The highest BCUT2D eigenvalue weighted by Crippen LogP contribution is 2.66. The normalized spacial score (nSPS) is 30.5. The summed E-state index contributed by atoms with van der Waals surface area (Å²) in [5.74, 6) is 0. The highest BCUT2D eigenvalue weighted by Gasteiger charge is 2.56. The van der Waals surface area contributed by atoms with Gasteiger partial charge < -0.3 is 29.4 Å². The van der Waals surface area contributed by atoms with Crippen LogP contribution in [0.5, 0.6) is 0 Å². The van der Waals surface area contributed by atoms with E-state index in [4.69, 9.17) is 19.4 Å². The third-order valence-electron chi connectivity index (χ3n) is 3.74. The maximum Gasteiger partial charge on any atom is 0.490 e. The molecule has 6 N–H and O–H groups in total. The van der Waals surface area contributed by atoms with Crippen molar-refractivity contribution in [1.82, 2.24) is 9.55 Å². The third-order valence-corrected chi connectivity index (χ3v) is 7.52. The lowest BCUT2D eigenvalue weighted by molar-refractivity contribution is -0.0911. The van der Waals surface area contributed by atoms with Crippen LogP contribution in [0, 0.1) is 0 Å². The highest BCUT2D eigenvalue weighted by atomic mass is 31.3. The van der Waals surface area contributed by atoms with Crippen LogP contribution in [0.2, 0.25) is 0 Å². The molecule has 0 spiro atoms. The lowest BCUT2D eigenvalue weighted by Crippen LogP contribution is -2.42. The minimum absolute atomic E-state index is 0.606. The molecular formula is C11H16FN2O14P3. The van der Waals surface area contributed by atoms with Gasteiger partial charge in [0.25, 0.3) is 5.56 Å². The molecule has 0 amide bonds. The van der Waals surface area contributed by atoms with Crippen LogP contribution in [-0.4, -0.2) is 58.7 Å². The summed E-state index contributed by atoms with van der Waals surface area (Å²) in [4.78, 5) is 60.4. The molecular weight excluding hydrogens is 496 g/mol. The van der Waals surface area contributed by atoms with Crippen molar-refractivity contribution in [1.29, 1.82) is 0 Å². The maximum absolute atomic E-state index is 14.8. The van der Waals surface area contributed by atoms with Gasteiger partial charge in [0.05, 0.1) is 6.61 Å². The van der Waals surface area contributed by atoms with Crippen molar-refractivity contribution in [3.05, 3.63) is 45.8 Å². The first-order valence-electron chi connectivity index (χ1n) is 7.74. The quantitative estimate of drug-likeness (QED) is 0.172. The van der Waals surface area contributed by atoms with E-state index in [0.29, 0.717) is 10.6 Å². The topological polar surface area (TPSA) is 244 Å². The number of hydrogen-bond acceptors (Lipinski definition) is 10. The number of phosphoric ester groups is 1. The first-order valence-corrected chi connectivity index (χ1v) is 12.3. The number of nitrogens with one attached hydrogen (secondary N) is 1. The molecule has 20 heteroatoms. The van der Waals surface area contributed by atoms with E-state index in [0.717, 1.165) is 12.3 Å². The molecule has 2 unspecified atom stereocenters. The zero-order valence-electron chi connectivity index (χ0n) is 15.0. The number of aliphatic hydroxyl groups excluding tert-OH is 1. The summed E-state index contributed by atoms with van der Waals surface area (Å²) >= 11 is 0. The second-order valence-electron chi connectivity index (χ2n) is 5.94. The molecule has 1 fully saturated rings. The van der Waals surface area contributed by atoms with Gasteiger partial charge in [-0.15, -0.1) is 6.58 Å². The molecule has 0 aliphatic carbocycles. The predicted octanol–water partition coefficient (Wildman–Crippen LogP) is -0.968. The molecule has 1 aromatic rings. The van der Waals surface area contributed by atoms with Crippen molar-refractivity contribution in [2.75, 3.05) is 6.61 Å². The Morgan fingerprint density at radius 2 is 1.84 bits per heavy atom. The molecule has 16 nitrogen and oxygen atoms in total. The smallest absolute Gasteiger partial charge is 0.385 e. The van der Waals surface area contributed by atoms with E-state index in [2.05, 4.69) is 19.7 Å². The molecule has 0 radical (unpaired) electrons. The fourth-order valence-corrected chi connectivity index (χ4v) is 5.52. The van der Waals surface area contributed by atoms with Crippen LogP contribution < -0.4 is 11.2 Å². The standard InChI is InChI=1S/C11H16FN2O14P3/c1-2-11(5-25-30(21,22)28-31(23,24)27-29(18,19)20)8(12)7(16)9(26-11)14-4-3-6(15)13-10(14)17/h2-4,7-9,16H,1,5H2,(H,21,22)(H,23,24)(H,13,15,17)(H2,18,19,20)/t7-,8+,9-,11-/m1/s1. The van der Waals surface area contributed by atoms with Gasteiger partial charge >= 0.3 is 29.2 Å². The summed E-state index contributed by atoms with van der Waals surface area (Å²) in [5, 5.41) is 10.1. The molecule has 1 aliphatic heterocycles. The van der Waals surface area contributed by atoms with Crippen molar-refractivity contribution >= 4 is 23.5 Å². The van der Waals surface area contributed by atoms with Gasteiger partial charge in [0.1, 0.15) is 11.7 Å². The molecule has 0 saturated carbocycles. The van der Waals surface area contributed by atoms with Crippen molar-refractivity contribution in [2.24, 2.45) is 0 Å². The molecule has 2 rings (SSSR count). The third kappa shape index (κ3) is 6.35. The van der Waals surface area contributed by atoms with Crippen molar-refractivity contribution < 1.29 is 60.6 Å². The summed E-state index contributed by atoms with van der Waals surface area (Å²) < 4.78 is 65.7. The van der Waals surface area contributed by atoms with Crippen LogP contribution in [-0.2, 0) is 31.6 Å². The van der Waals surface area contributed by atoms with Crippen LogP contribution in [0.15, 0.2) is 34.5 Å². The summed E-state index contributed by atoms with van der Waals surface area (Å²) in [6, 6.07) is 0.866. The molecule has 0 bridgehead atoms. The van der Waals surface area contributed by atoms with Gasteiger partial charge in [-0.2, -0.15) is 8.62 Å². The van der Waals surface area contributed by atoms with E-state index < -0.39 is 65.4 Å². The summed E-state index contributed by atoms with van der Waals surface area (Å²) in [7, 11) is -17.1. The van der Waals surface area contributed by atoms with Crippen LogP contribution >= 0.6 is 23.5 Å². The average molecular weight is 512 g/mol. The second kappa shape index (κ2) is 8.90. The molecule has 2 heterocycles. The van der Waals surface area contributed by atoms with Gasteiger partial charge in [0.15, 0.2) is 12.4 Å². The van der Waals surface area contributed by atoms with Gasteiger partial charge in [0.2, 0.25) is 0 Å². The molecule has 1 aliphatic rings. The Kier molecular flexibility index (Phi) is 7.45. The Balaban J connectivity index is 2.22. The summed E-state index contributed by atoms with van der Waals surface area (Å²) in [5.41, 5.74) is -4.30. The van der Waals surface area contributed by atoms with Gasteiger partial charge in [-0.05, 0) is 0 Å². The number of aliphatic hydroxyl groups is 1. The number of aromatic nitrogens is 2. The number of H-pyrrole nitrogens is 1. The van der Waals surface area contributed by atoms with Crippen LogP contribution in [0.25, 0.3) is 0 Å². The summed E-state index contributed by atoms with van der Waals surface area (Å²) in [6.07, 6.45) is -4.71. The van der Waals surface area contributed by atoms with Gasteiger partial charge in [-0.25, -0.2) is 22.9 Å². The number of phosphoric acid groups is 3. The van der Waals surface area contributed by atoms with E-state index in [9.17, 15) is 37.7 Å². The van der Waals surface area contributed by atoms with Crippen LogP contribution in [0.3, 0.4) is 0 Å². The fraction of sp³-hybridized carbons (Fsp3) is 0.455. The number of alkyl halides is 1. The first-order chi connectivity index (χ1) is 14.0. The number of halogens is 1. The minimum Gasteiger partial charge on any atom is -0.385 e. The summed E-state index contributed by atoms with van der Waals surface area (Å²) in [6.45, 7) is 1.94. The van der Waals surface area contributed by atoms with Crippen LogP contribution in [0.1, 0.15) is 6.23 Å². The van der Waals surface area contributed by atoms with E-state index >= 15 is 0 Å². The Labute approximate surface area is 171 Å². The second-order valence-corrected chi connectivity index (χ2v) is 10.4. The lowest BCUT2D eigenvalue weighted by Gasteiger charge is -2.27. The molecule has 0 aromatic carbocycles. The zero-order valence-corrected chi connectivity index (χ0v) is 17.6. The van der Waals surface area contributed by atoms with Gasteiger partial charge in [-0.3, -0.25) is 18.9 Å². The first kappa shape index (κ1) is 25.9. The fourth-order valence-electron chi connectivity index (χ4n) is 2.46. The average Bonchev–Trinajstić information content (AvgIpc) is 2.82. The van der Waals surface area contributed by atoms with Crippen molar-refractivity contribution in [3.63, 3.8) is 0 Å². The van der Waals surface area contributed by atoms with E-state index in [1.54, 1.807) is 0 Å². The van der Waals surface area contributed by atoms with Gasteiger partial charge in [-0.1, -0.05) is 6.08 Å². The maximum atomic E-state index is 14.8. The largest absolute Gasteiger partial charge is 0.490 e. The number of nitrogens with zero attached hydrogens (tertiary/aromatic N) is 1. The van der Waals surface area contributed by atoms with Gasteiger partial charge in [0, 0.05) is 12.3 Å². The highest BCUT2D eigenvalue weighted by molar-refractivity contribution is 7.66. The van der Waals surface area contributed by atoms with E-state index in [1.165, 1.54) is 0 Å². The Hall–Kier alpha value is -1.32. The van der Waals surface area contributed by atoms with Crippen molar-refractivity contribution in [3.8, 4) is 0 Å². The number of rotatable bonds is 9. The van der Waals surface area contributed by atoms with Crippen molar-refractivity contribution in [2.45, 2.75) is 24.1 Å². The Morgan fingerprint density at radius 3 is 2.35 bits per heavy atom. The number of ether oxygens (including phenoxy) is 1. The Bertz CT molecular complexity index is 1100. The predicted molar refractivity (Wildman–Crippen MR) is 95.1 cm³/mol. The number of aromatic amines is 1. The zero-order chi connectivity index (χ0) is 23.8.